The third-order valence-electron chi connectivity index (χ3n) is 2.80. The van der Waals surface area contributed by atoms with E-state index in [0.717, 1.165) is 0 Å². The highest BCUT2D eigenvalue weighted by Gasteiger charge is 2.39. The van der Waals surface area contributed by atoms with Gasteiger partial charge in [0.1, 0.15) is 0 Å². The fourth-order valence-electron chi connectivity index (χ4n) is 1.58. The van der Waals surface area contributed by atoms with E-state index in [1.54, 1.807) is 0 Å². The second kappa shape index (κ2) is 4.93. The molecule has 0 amide bonds. The van der Waals surface area contributed by atoms with Crippen LogP contribution in [0.25, 0.3) is 0 Å². The third kappa shape index (κ3) is 3.26. The van der Waals surface area contributed by atoms with Crippen molar-refractivity contribution in [3.05, 3.63) is 0 Å². The Morgan fingerprint density at radius 2 is 2.07 bits per heavy atom. The van der Waals surface area contributed by atoms with Crippen LogP contribution in [-0.2, 0) is 18.3 Å². The maximum absolute atomic E-state index is 11.4. The summed E-state index contributed by atoms with van der Waals surface area (Å²) in [5.74, 6) is -0.0168. The van der Waals surface area contributed by atoms with E-state index in [4.69, 9.17) is 13.8 Å². The molecule has 1 heterocycles. The second-order valence-electron chi connectivity index (χ2n) is 3.98. The fraction of sp³-hybridized carbons (Fsp3) is 1.00. The van der Waals surface area contributed by atoms with E-state index in [0.29, 0.717) is 0 Å². The minimum Gasteiger partial charge on any atom is -0.390 e. The molecule has 0 aliphatic carbocycles. The van der Waals surface area contributed by atoms with Crippen LogP contribution in [0.4, 0.5) is 0 Å². The SMILES string of the molecule is COP(C)(=O)OC[C@H]1O[C@@H](C)[C@@H](O)[C@@H]1C. The van der Waals surface area contributed by atoms with Gasteiger partial charge in [-0.3, -0.25) is 4.57 Å². The standard InChI is InChI=1S/C9H19O5P/c1-6-8(14-7(2)9(6)10)5-13-15(4,11)12-3/h6-10H,5H2,1-4H3/t6-,7+,8-,9+,15?/m1/s1. The summed E-state index contributed by atoms with van der Waals surface area (Å²) in [5.41, 5.74) is 0. The van der Waals surface area contributed by atoms with E-state index < -0.39 is 13.7 Å². The Morgan fingerprint density at radius 3 is 2.47 bits per heavy atom. The van der Waals surface area contributed by atoms with Crippen molar-refractivity contribution < 1.29 is 23.5 Å². The van der Waals surface area contributed by atoms with E-state index in [-0.39, 0.29) is 24.7 Å². The summed E-state index contributed by atoms with van der Waals surface area (Å²) >= 11 is 0. The molecule has 0 bridgehead atoms. The van der Waals surface area contributed by atoms with Gasteiger partial charge in [0, 0.05) is 19.7 Å². The molecule has 0 radical (unpaired) electrons. The smallest absolute Gasteiger partial charge is 0.327 e. The van der Waals surface area contributed by atoms with Gasteiger partial charge in [-0.25, -0.2) is 0 Å². The van der Waals surface area contributed by atoms with Crippen LogP contribution in [-0.4, -0.2) is 43.8 Å². The minimum atomic E-state index is -2.95. The molecule has 15 heavy (non-hydrogen) atoms. The normalized spacial score (nSPS) is 40.3. The van der Waals surface area contributed by atoms with Gasteiger partial charge in [0.05, 0.1) is 24.9 Å². The number of rotatable bonds is 4. The topological polar surface area (TPSA) is 65.0 Å². The lowest BCUT2D eigenvalue weighted by molar-refractivity contribution is 0.00116. The van der Waals surface area contributed by atoms with Crippen LogP contribution >= 0.6 is 7.60 Å². The van der Waals surface area contributed by atoms with Gasteiger partial charge in [-0.05, 0) is 6.92 Å². The number of aliphatic hydroxyl groups is 1. The van der Waals surface area contributed by atoms with Crippen molar-refractivity contribution >= 4 is 7.60 Å². The molecule has 5 nitrogen and oxygen atoms in total. The van der Waals surface area contributed by atoms with Crippen LogP contribution < -0.4 is 0 Å². The van der Waals surface area contributed by atoms with Gasteiger partial charge in [0.25, 0.3) is 0 Å². The van der Waals surface area contributed by atoms with Gasteiger partial charge in [0.2, 0.25) is 0 Å². The molecule has 1 rings (SSSR count). The summed E-state index contributed by atoms with van der Waals surface area (Å²) in [6.45, 7) is 5.29. The van der Waals surface area contributed by atoms with E-state index in [1.165, 1.54) is 13.8 Å². The van der Waals surface area contributed by atoms with Crippen LogP contribution in [0, 0.1) is 5.92 Å². The van der Waals surface area contributed by atoms with Crippen molar-refractivity contribution in [1.29, 1.82) is 0 Å². The lowest BCUT2D eigenvalue weighted by atomic mass is 10.00. The van der Waals surface area contributed by atoms with Gasteiger partial charge in [-0.2, -0.15) is 0 Å². The quantitative estimate of drug-likeness (QED) is 0.747. The van der Waals surface area contributed by atoms with Crippen molar-refractivity contribution in [2.75, 3.05) is 20.4 Å². The van der Waals surface area contributed by atoms with Crippen LogP contribution in [0.2, 0.25) is 0 Å². The van der Waals surface area contributed by atoms with Gasteiger partial charge in [0.15, 0.2) is 0 Å². The Balaban J connectivity index is 2.44. The molecular weight excluding hydrogens is 219 g/mol. The Bertz CT molecular complexity index is 257. The van der Waals surface area contributed by atoms with Crippen molar-refractivity contribution in [3.8, 4) is 0 Å². The van der Waals surface area contributed by atoms with Gasteiger partial charge in [-0.15, -0.1) is 0 Å². The molecule has 0 aromatic rings. The average Bonchev–Trinajstić information content (AvgIpc) is 2.43. The molecule has 1 aliphatic rings. The highest BCUT2D eigenvalue weighted by Crippen LogP contribution is 2.43. The number of ether oxygens (including phenoxy) is 1. The van der Waals surface area contributed by atoms with Gasteiger partial charge < -0.3 is 18.9 Å². The fourth-order valence-corrected chi connectivity index (χ4v) is 2.10. The Morgan fingerprint density at radius 1 is 1.47 bits per heavy atom. The summed E-state index contributed by atoms with van der Waals surface area (Å²) in [4.78, 5) is 0. The minimum absolute atomic E-state index is 0.0168. The van der Waals surface area contributed by atoms with Gasteiger partial charge in [-0.1, -0.05) is 6.92 Å². The molecule has 1 saturated heterocycles. The first-order chi connectivity index (χ1) is 6.87. The zero-order chi connectivity index (χ0) is 11.6. The van der Waals surface area contributed by atoms with E-state index in [1.807, 2.05) is 13.8 Å². The Labute approximate surface area is 90.3 Å². The van der Waals surface area contributed by atoms with Crippen molar-refractivity contribution in [3.63, 3.8) is 0 Å². The van der Waals surface area contributed by atoms with Crippen molar-refractivity contribution in [2.24, 2.45) is 5.92 Å². The molecule has 1 fully saturated rings. The van der Waals surface area contributed by atoms with Crippen molar-refractivity contribution in [2.45, 2.75) is 32.2 Å². The largest absolute Gasteiger partial charge is 0.390 e. The van der Waals surface area contributed by atoms with E-state index in [9.17, 15) is 9.67 Å². The predicted octanol–water partition coefficient (Wildman–Crippen LogP) is 1.26. The van der Waals surface area contributed by atoms with Crippen LogP contribution in [0.3, 0.4) is 0 Å². The summed E-state index contributed by atoms with van der Waals surface area (Å²) in [6.07, 6.45) is -0.914. The monoisotopic (exact) mass is 238 g/mol. The molecule has 0 aromatic carbocycles. The third-order valence-corrected chi connectivity index (χ3v) is 4.08. The molecule has 0 saturated carbocycles. The molecule has 0 spiro atoms. The Hall–Kier alpha value is 0.0700. The molecule has 0 aromatic heterocycles. The molecule has 90 valence electrons. The van der Waals surface area contributed by atoms with E-state index in [2.05, 4.69) is 0 Å². The molecule has 1 aliphatic heterocycles. The molecule has 1 N–H and O–H groups in total. The second-order valence-corrected chi connectivity index (χ2v) is 6.15. The first-order valence-electron chi connectivity index (χ1n) is 4.98. The maximum Gasteiger partial charge on any atom is 0.327 e. The number of hydrogen-bond acceptors (Lipinski definition) is 5. The lowest BCUT2D eigenvalue weighted by Gasteiger charge is -2.18. The Kier molecular flexibility index (Phi) is 4.32. The predicted molar refractivity (Wildman–Crippen MR) is 56.0 cm³/mol. The molecule has 5 atom stereocenters. The zero-order valence-corrected chi connectivity index (χ0v) is 10.4. The summed E-state index contributed by atoms with van der Waals surface area (Å²) < 4.78 is 26.7. The average molecular weight is 238 g/mol. The molecule has 6 heteroatoms. The van der Waals surface area contributed by atoms with Crippen molar-refractivity contribution in [1.82, 2.24) is 0 Å². The van der Waals surface area contributed by atoms with E-state index >= 15 is 0 Å². The van der Waals surface area contributed by atoms with Crippen LogP contribution in [0.1, 0.15) is 13.8 Å². The summed E-state index contributed by atoms with van der Waals surface area (Å²) in [5, 5.41) is 9.64. The van der Waals surface area contributed by atoms with Crippen LogP contribution in [0.5, 0.6) is 0 Å². The molecular formula is C9H19O5P. The highest BCUT2D eigenvalue weighted by molar-refractivity contribution is 7.52. The highest BCUT2D eigenvalue weighted by atomic mass is 31.2. The molecule has 1 unspecified atom stereocenters. The number of aliphatic hydroxyl groups excluding tert-OH is 1. The zero-order valence-electron chi connectivity index (χ0n) is 9.54. The van der Waals surface area contributed by atoms with Gasteiger partial charge >= 0.3 is 7.60 Å². The first kappa shape index (κ1) is 13.1. The summed E-state index contributed by atoms with van der Waals surface area (Å²) in [6, 6.07) is 0. The lowest BCUT2D eigenvalue weighted by Crippen LogP contribution is -2.25. The van der Waals surface area contributed by atoms with Crippen LogP contribution in [0.15, 0.2) is 0 Å². The number of hydrogen-bond donors (Lipinski definition) is 1. The summed E-state index contributed by atoms with van der Waals surface area (Å²) in [7, 11) is -1.61. The first-order valence-corrected chi connectivity index (χ1v) is 6.97. The maximum atomic E-state index is 11.4.